The predicted octanol–water partition coefficient (Wildman–Crippen LogP) is 2.76. The zero-order valence-corrected chi connectivity index (χ0v) is 7.10. The lowest BCUT2D eigenvalue weighted by molar-refractivity contribution is -0.317. The fourth-order valence-electron chi connectivity index (χ4n) is 1.72. The van der Waals surface area contributed by atoms with E-state index in [4.69, 9.17) is 5.26 Å². The number of hydrogen-bond acceptors (Lipinski definition) is 2. The average molecular weight is 156 g/mol. The van der Waals surface area contributed by atoms with Crippen molar-refractivity contribution in [2.75, 3.05) is 0 Å². The van der Waals surface area contributed by atoms with Gasteiger partial charge in [0.15, 0.2) is 0 Å². The van der Waals surface area contributed by atoms with Crippen LogP contribution in [0.5, 0.6) is 0 Å². The maximum atomic E-state index is 8.75. The molecule has 1 fully saturated rings. The van der Waals surface area contributed by atoms with E-state index in [1.54, 1.807) is 0 Å². The third-order valence-corrected chi connectivity index (χ3v) is 2.61. The molecule has 1 N–H and O–H groups in total. The van der Waals surface area contributed by atoms with Crippen LogP contribution < -0.4 is 0 Å². The molecule has 0 spiro atoms. The van der Waals surface area contributed by atoms with Gasteiger partial charge in [-0.05, 0) is 25.3 Å². The van der Waals surface area contributed by atoms with Crippen molar-refractivity contribution in [3.8, 4) is 0 Å². The van der Waals surface area contributed by atoms with Gasteiger partial charge in [0.1, 0.15) is 5.60 Å². The minimum Gasteiger partial charge on any atom is -0.251 e. The molecule has 64 valence electrons. The maximum absolute atomic E-state index is 8.75. The van der Waals surface area contributed by atoms with Gasteiger partial charge in [0.2, 0.25) is 0 Å². The lowest BCUT2D eigenvalue weighted by Crippen LogP contribution is -2.34. The molecule has 11 heavy (non-hydrogen) atoms. The van der Waals surface area contributed by atoms with Crippen molar-refractivity contribution in [2.24, 2.45) is 0 Å². The fraction of sp³-hybridized carbons (Fsp3) is 0.778. The first kappa shape index (κ1) is 8.75. The van der Waals surface area contributed by atoms with Crippen LogP contribution in [0.1, 0.15) is 39.0 Å². The summed E-state index contributed by atoms with van der Waals surface area (Å²) in [5, 5.41) is 8.75. The van der Waals surface area contributed by atoms with Crippen molar-refractivity contribution in [2.45, 2.75) is 44.6 Å². The van der Waals surface area contributed by atoms with Crippen molar-refractivity contribution in [1.82, 2.24) is 0 Å². The third-order valence-electron chi connectivity index (χ3n) is 2.61. The van der Waals surface area contributed by atoms with Gasteiger partial charge in [-0.15, -0.1) is 0 Å². The Morgan fingerprint density at radius 2 is 1.91 bits per heavy atom. The molecule has 0 radical (unpaired) electrons. The Morgan fingerprint density at radius 1 is 1.36 bits per heavy atom. The first-order valence-electron chi connectivity index (χ1n) is 4.20. The van der Waals surface area contributed by atoms with Crippen LogP contribution in [0.4, 0.5) is 0 Å². The van der Waals surface area contributed by atoms with Crippen molar-refractivity contribution in [3.05, 3.63) is 12.2 Å². The van der Waals surface area contributed by atoms with E-state index in [0.717, 1.165) is 31.3 Å². The highest BCUT2D eigenvalue weighted by atomic mass is 17.1. The summed E-state index contributed by atoms with van der Waals surface area (Å²) in [4.78, 5) is 4.54. The molecule has 0 aromatic carbocycles. The largest absolute Gasteiger partial charge is 0.251 e. The molecule has 0 heterocycles. The van der Waals surface area contributed by atoms with Crippen LogP contribution in [0.25, 0.3) is 0 Å². The van der Waals surface area contributed by atoms with Crippen LogP contribution in [0, 0.1) is 0 Å². The fourth-order valence-corrected chi connectivity index (χ4v) is 1.72. The molecule has 1 saturated carbocycles. The quantitative estimate of drug-likeness (QED) is 0.378. The Labute approximate surface area is 67.8 Å². The van der Waals surface area contributed by atoms with Gasteiger partial charge in [-0.25, -0.2) is 4.89 Å². The second-order valence-corrected chi connectivity index (χ2v) is 3.43. The highest BCUT2D eigenvalue weighted by Gasteiger charge is 2.34. The molecular weight excluding hydrogens is 140 g/mol. The maximum Gasteiger partial charge on any atom is 0.124 e. The molecule has 1 aliphatic rings. The summed E-state index contributed by atoms with van der Waals surface area (Å²) in [6.45, 7) is 5.76. The van der Waals surface area contributed by atoms with E-state index in [-0.39, 0.29) is 0 Å². The minimum atomic E-state index is -0.418. The summed E-state index contributed by atoms with van der Waals surface area (Å²) in [5.74, 6) is 0. The highest BCUT2D eigenvalue weighted by molar-refractivity contribution is 5.10. The van der Waals surface area contributed by atoms with E-state index in [1.165, 1.54) is 6.42 Å². The molecule has 0 atom stereocenters. The molecule has 0 amide bonds. The van der Waals surface area contributed by atoms with E-state index in [0.29, 0.717) is 0 Å². The van der Waals surface area contributed by atoms with E-state index in [2.05, 4.69) is 11.5 Å². The Hall–Kier alpha value is -0.340. The van der Waals surface area contributed by atoms with E-state index >= 15 is 0 Å². The Balaban J connectivity index is 2.64. The summed E-state index contributed by atoms with van der Waals surface area (Å²) < 4.78 is 0. The summed E-state index contributed by atoms with van der Waals surface area (Å²) in [6.07, 6.45) is 5.34. The lowest BCUT2D eigenvalue weighted by atomic mass is 9.80. The second kappa shape index (κ2) is 3.37. The van der Waals surface area contributed by atoms with Crippen LogP contribution in [-0.4, -0.2) is 10.9 Å². The van der Waals surface area contributed by atoms with Gasteiger partial charge in [-0.2, -0.15) is 0 Å². The monoisotopic (exact) mass is 156 g/mol. The molecule has 2 heteroatoms. The molecule has 0 aromatic rings. The highest BCUT2D eigenvalue weighted by Crippen LogP contribution is 2.35. The Kier molecular flexibility index (Phi) is 2.68. The van der Waals surface area contributed by atoms with Gasteiger partial charge in [-0.3, -0.25) is 5.26 Å². The summed E-state index contributed by atoms with van der Waals surface area (Å²) in [5.41, 5.74) is 0.526. The topological polar surface area (TPSA) is 29.5 Å². The van der Waals surface area contributed by atoms with Crippen molar-refractivity contribution in [3.63, 3.8) is 0 Å². The summed E-state index contributed by atoms with van der Waals surface area (Å²) >= 11 is 0. The zero-order valence-electron chi connectivity index (χ0n) is 7.10. The van der Waals surface area contributed by atoms with E-state index < -0.39 is 5.60 Å². The number of rotatable bonds is 2. The van der Waals surface area contributed by atoms with Crippen molar-refractivity contribution < 1.29 is 10.1 Å². The van der Waals surface area contributed by atoms with Gasteiger partial charge in [0, 0.05) is 0 Å². The SMILES string of the molecule is C=C(C)C1(OO)CCCCC1. The molecule has 1 aliphatic carbocycles. The van der Waals surface area contributed by atoms with Gasteiger partial charge >= 0.3 is 0 Å². The van der Waals surface area contributed by atoms with Crippen LogP contribution in [0.2, 0.25) is 0 Å². The average Bonchev–Trinajstić information content (AvgIpc) is 2.05. The Bertz CT molecular complexity index is 146. The van der Waals surface area contributed by atoms with Gasteiger partial charge in [0.25, 0.3) is 0 Å². The first-order valence-corrected chi connectivity index (χ1v) is 4.20. The second-order valence-electron chi connectivity index (χ2n) is 3.43. The Morgan fingerprint density at radius 3 is 2.18 bits per heavy atom. The first-order chi connectivity index (χ1) is 5.21. The van der Waals surface area contributed by atoms with Crippen LogP contribution >= 0.6 is 0 Å². The predicted molar refractivity (Wildman–Crippen MR) is 44.3 cm³/mol. The molecular formula is C9H16O2. The van der Waals surface area contributed by atoms with Crippen molar-refractivity contribution >= 4 is 0 Å². The molecule has 0 unspecified atom stereocenters. The normalized spacial score (nSPS) is 23.1. The zero-order chi connectivity index (χ0) is 8.32. The molecule has 1 rings (SSSR count). The molecule has 0 aromatic heterocycles. The summed E-state index contributed by atoms with van der Waals surface area (Å²) in [7, 11) is 0. The van der Waals surface area contributed by atoms with Crippen molar-refractivity contribution in [1.29, 1.82) is 0 Å². The van der Waals surface area contributed by atoms with Crippen LogP contribution in [0.15, 0.2) is 12.2 Å². The standard InChI is InChI=1S/C9H16O2/c1-8(2)9(11-10)6-4-3-5-7-9/h10H,1,3-7H2,2H3. The lowest BCUT2D eigenvalue weighted by Gasteiger charge is -2.34. The molecule has 0 bridgehead atoms. The van der Waals surface area contributed by atoms with E-state index in [1.807, 2.05) is 6.92 Å². The smallest absolute Gasteiger partial charge is 0.124 e. The number of hydrogen-bond donors (Lipinski definition) is 1. The van der Waals surface area contributed by atoms with Gasteiger partial charge in [0.05, 0.1) is 0 Å². The minimum absolute atomic E-state index is 0.418. The van der Waals surface area contributed by atoms with Crippen LogP contribution in [-0.2, 0) is 4.89 Å². The molecule has 0 saturated heterocycles. The molecule has 2 nitrogen and oxygen atoms in total. The van der Waals surface area contributed by atoms with Gasteiger partial charge < -0.3 is 0 Å². The van der Waals surface area contributed by atoms with Crippen LogP contribution in [0.3, 0.4) is 0 Å². The van der Waals surface area contributed by atoms with E-state index in [9.17, 15) is 0 Å². The summed E-state index contributed by atoms with van der Waals surface area (Å²) in [6, 6.07) is 0. The molecule has 0 aliphatic heterocycles. The van der Waals surface area contributed by atoms with Gasteiger partial charge in [-0.1, -0.05) is 25.8 Å². The third kappa shape index (κ3) is 1.63.